The number of nitrogens with two attached hydrogens (primary N) is 1. The molecule has 0 aliphatic heterocycles. The van der Waals surface area contributed by atoms with Crippen LogP contribution in [0.3, 0.4) is 0 Å². The second-order valence-electron chi connectivity index (χ2n) is 2.69. The molecule has 0 spiro atoms. The molecule has 0 amide bonds. The second kappa shape index (κ2) is 3.58. The summed E-state index contributed by atoms with van der Waals surface area (Å²) in [5, 5.41) is 0.107. The Bertz CT molecular complexity index is 484. The summed E-state index contributed by atoms with van der Waals surface area (Å²) in [6, 6.07) is 1.07. The SMILES string of the molecule is Cc1c(S(=O)(=O)O)cc(N)c(Cl)c1Cl. The van der Waals surface area contributed by atoms with Gasteiger partial charge in [-0.3, -0.25) is 4.55 Å². The van der Waals surface area contributed by atoms with E-state index in [0.29, 0.717) is 0 Å². The Kier molecular flexibility index (Phi) is 2.96. The molecule has 7 heteroatoms. The molecule has 1 aromatic carbocycles. The van der Waals surface area contributed by atoms with Gasteiger partial charge in [0.05, 0.1) is 15.7 Å². The molecular formula is C7H7Cl2NO3S. The van der Waals surface area contributed by atoms with Gasteiger partial charge in [-0.15, -0.1) is 0 Å². The standard InChI is InChI=1S/C7H7Cl2NO3S/c1-3-5(14(11,12)13)2-4(10)7(9)6(3)8/h2H,10H2,1H3,(H,11,12,13). The average molecular weight is 256 g/mol. The van der Waals surface area contributed by atoms with Gasteiger partial charge in [0.25, 0.3) is 10.1 Å². The van der Waals surface area contributed by atoms with Gasteiger partial charge in [0.1, 0.15) is 4.90 Å². The number of hydrogen-bond donors (Lipinski definition) is 2. The summed E-state index contributed by atoms with van der Waals surface area (Å²) >= 11 is 11.4. The minimum absolute atomic E-state index is 0.00916. The van der Waals surface area contributed by atoms with Crippen LogP contribution in [0.5, 0.6) is 0 Å². The lowest BCUT2D eigenvalue weighted by Gasteiger charge is -2.08. The Morgan fingerprint density at radius 3 is 2.29 bits per heavy atom. The van der Waals surface area contributed by atoms with Crippen molar-refractivity contribution in [3.63, 3.8) is 0 Å². The van der Waals surface area contributed by atoms with Crippen LogP contribution in [0, 0.1) is 6.92 Å². The van der Waals surface area contributed by atoms with Crippen molar-refractivity contribution >= 4 is 39.0 Å². The highest BCUT2D eigenvalue weighted by molar-refractivity contribution is 7.85. The number of hydrogen-bond acceptors (Lipinski definition) is 3. The monoisotopic (exact) mass is 255 g/mol. The number of nitrogen functional groups attached to an aromatic ring is 1. The van der Waals surface area contributed by atoms with Crippen molar-refractivity contribution < 1.29 is 13.0 Å². The van der Waals surface area contributed by atoms with E-state index in [0.717, 1.165) is 6.07 Å². The molecule has 14 heavy (non-hydrogen) atoms. The van der Waals surface area contributed by atoms with E-state index >= 15 is 0 Å². The number of rotatable bonds is 1. The minimum Gasteiger partial charge on any atom is -0.397 e. The van der Waals surface area contributed by atoms with Crippen LogP contribution in [-0.2, 0) is 10.1 Å². The molecule has 0 aliphatic rings. The lowest BCUT2D eigenvalue weighted by Crippen LogP contribution is -2.03. The molecule has 4 nitrogen and oxygen atoms in total. The zero-order chi connectivity index (χ0) is 11.1. The van der Waals surface area contributed by atoms with Gasteiger partial charge >= 0.3 is 0 Å². The molecule has 0 aromatic heterocycles. The van der Waals surface area contributed by atoms with E-state index in [2.05, 4.69) is 0 Å². The Morgan fingerprint density at radius 1 is 1.36 bits per heavy atom. The summed E-state index contributed by atoms with van der Waals surface area (Å²) in [4.78, 5) is -0.329. The fourth-order valence-electron chi connectivity index (χ4n) is 0.980. The maximum absolute atomic E-state index is 10.9. The highest BCUT2D eigenvalue weighted by Gasteiger charge is 2.19. The molecule has 0 radical (unpaired) electrons. The van der Waals surface area contributed by atoms with E-state index in [1.54, 1.807) is 0 Å². The van der Waals surface area contributed by atoms with Crippen LogP contribution < -0.4 is 5.73 Å². The molecule has 0 fully saturated rings. The molecule has 0 bridgehead atoms. The molecule has 78 valence electrons. The quantitative estimate of drug-likeness (QED) is 0.595. The third-order valence-corrected chi connectivity index (χ3v) is 3.67. The maximum atomic E-state index is 10.9. The van der Waals surface area contributed by atoms with Crippen molar-refractivity contribution in [1.29, 1.82) is 0 Å². The first-order valence-electron chi connectivity index (χ1n) is 3.46. The molecule has 1 aromatic rings. The van der Waals surface area contributed by atoms with E-state index in [1.807, 2.05) is 0 Å². The average Bonchev–Trinajstić information content (AvgIpc) is 2.06. The predicted octanol–water partition coefficient (Wildman–Crippen LogP) is 2.13. The predicted molar refractivity (Wildman–Crippen MR) is 55.4 cm³/mol. The van der Waals surface area contributed by atoms with Gasteiger partial charge in [-0.2, -0.15) is 8.42 Å². The molecule has 0 aliphatic carbocycles. The third kappa shape index (κ3) is 1.95. The van der Waals surface area contributed by atoms with Crippen LogP contribution in [0.4, 0.5) is 5.69 Å². The van der Waals surface area contributed by atoms with Gasteiger partial charge in [-0.05, 0) is 18.6 Å². The molecular weight excluding hydrogens is 249 g/mol. The summed E-state index contributed by atoms with van der Waals surface area (Å²) in [6.45, 7) is 1.43. The van der Waals surface area contributed by atoms with Gasteiger partial charge in [-0.25, -0.2) is 0 Å². The van der Waals surface area contributed by atoms with E-state index in [9.17, 15) is 8.42 Å². The van der Waals surface area contributed by atoms with Crippen molar-refractivity contribution in [1.82, 2.24) is 0 Å². The Labute approximate surface area is 91.4 Å². The Hall–Kier alpha value is -0.490. The van der Waals surface area contributed by atoms with E-state index in [1.165, 1.54) is 6.92 Å². The lowest BCUT2D eigenvalue weighted by molar-refractivity contribution is 0.482. The minimum atomic E-state index is -4.32. The van der Waals surface area contributed by atoms with E-state index < -0.39 is 10.1 Å². The van der Waals surface area contributed by atoms with Gasteiger partial charge in [0.15, 0.2) is 0 Å². The second-order valence-corrected chi connectivity index (χ2v) is 4.84. The normalized spacial score (nSPS) is 11.7. The molecule has 3 N–H and O–H groups in total. The summed E-state index contributed by atoms with van der Waals surface area (Å²) in [5.41, 5.74) is 5.58. The zero-order valence-corrected chi connectivity index (χ0v) is 9.41. The summed E-state index contributed by atoms with van der Waals surface area (Å²) in [6.07, 6.45) is 0. The van der Waals surface area contributed by atoms with Gasteiger partial charge in [-0.1, -0.05) is 23.2 Å². The van der Waals surface area contributed by atoms with Crippen LogP contribution >= 0.6 is 23.2 Å². The van der Waals surface area contributed by atoms with Gasteiger partial charge in [0, 0.05) is 0 Å². The van der Waals surface area contributed by atoms with Crippen molar-refractivity contribution in [3.05, 3.63) is 21.7 Å². The smallest absolute Gasteiger partial charge is 0.294 e. The van der Waals surface area contributed by atoms with Crippen LogP contribution in [0.1, 0.15) is 5.56 Å². The largest absolute Gasteiger partial charge is 0.397 e. The first-order valence-corrected chi connectivity index (χ1v) is 5.66. The third-order valence-electron chi connectivity index (χ3n) is 1.71. The number of halogens is 2. The van der Waals surface area contributed by atoms with E-state index in [4.69, 9.17) is 33.5 Å². The Balaban J connectivity index is 3.66. The molecule has 0 heterocycles. The van der Waals surface area contributed by atoms with Gasteiger partial charge in [0.2, 0.25) is 0 Å². The van der Waals surface area contributed by atoms with Crippen molar-refractivity contribution in [3.8, 4) is 0 Å². The highest BCUT2D eigenvalue weighted by atomic mass is 35.5. The summed E-state index contributed by atoms with van der Waals surface area (Å²) in [5.74, 6) is 0. The lowest BCUT2D eigenvalue weighted by atomic mass is 10.2. The fourth-order valence-corrected chi connectivity index (χ4v) is 2.21. The Morgan fingerprint density at radius 2 is 1.86 bits per heavy atom. The van der Waals surface area contributed by atoms with E-state index in [-0.39, 0.29) is 26.2 Å². The summed E-state index contributed by atoms with van der Waals surface area (Å²) < 4.78 is 30.6. The zero-order valence-electron chi connectivity index (χ0n) is 7.08. The molecule has 0 atom stereocenters. The highest BCUT2D eigenvalue weighted by Crippen LogP contribution is 2.35. The van der Waals surface area contributed by atoms with Crippen LogP contribution in [-0.4, -0.2) is 13.0 Å². The first kappa shape index (κ1) is 11.6. The number of benzene rings is 1. The van der Waals surface area contributed by atoms with Crippen molar-refractivity contribution in [2.45, 2.75) is 11.8 Å². The molecule has 1 rings (SSSR count). The van der Waals surface area contributed by atoms with Crippen molar-refractivity contribution in [2.75, 3.05) is 5.73 Å². The van der Waals surface area contributed by atoms with Crippen LogP contribution in [0.25, 0.3) is 0 Å². The maximum Gasteiger partial charge on any atom is 0.294 e. The van der Waals surface area contributed by atoms with Crippen LogP contribution in [0.2, 0.25) is 10.0 Å². The topological polar surface area (TPSA) is 80.4 Å². The fraction of sp³-hybridized carbons (Fsp3) is 0.143. The molecule has 0 saturated heterocycles. The van der Waals surface area contributed by atoms with Crippen LogP contribution in [0.15, 0.2) is 11.0 Å². The van der Waals surface area contributed by atoms with Gasteiger partial charge < -0.3 is 5.73 Å². The van der Waals surface area contributed by atoms with Crippen molar-refractivity contribution in [2.24, 2.45) is 0 Å². The molecule has 0 saturated carbocycles. The number of anilines is 1. The first-order chi connectivity index (χ1) is 6.25. The summed E-state index contributed by atoms with van der Waals surface area (Å²) in [7, 11) is -4.32. The molecule has 0 unspecified atom stereocenters.